The van der Waals surface area contributed by atoms with Gasteiger partial charge in [-0.3, -0.25) is 0 Å². The average molecular weight is 203 g/mol. The van der Waals surface area contributed by atoms with Crippen molar-refractivity contribution in [2.24, 2.45) is 0 Å². The Morgan fingerprint density at radius 2 is 1.93 bits per heavy atom. The van der Waals surface area contributed by atoms with Crippen LogP contribution in [0.25, 0.3) is 0 Å². The highest BCUT2D eigenvalue weighted by Crippen LogP contribution is 2.08. The molecule has 2 aromatic rings. The first-order chi connectivity index (χ1) is 7.24. The smallest absolute Gasteiger partial charge is 0.132 e. The molecule has 0 unspecified atom stereocenters. The molecule has 76 valence electrons. The minimum atomic E-state index is -0.247. The summed E-state index contributed by atoms with van der Waals surface area (Å²) in [4.78, 5) is 8.09. The quantitative estimate of drug-likeness (QED) is 0.809. The van der Waals surface area contributed by atoms with E-state index in [1.807, 2.05) is 6.07 Å². The maximum atomic E-state index is 12.9. The zero-order chi connectivity index (χ0) is 10.7. The standard InChI is InChI=1S/C11H10FN3/c12-9-3-1-2-8(4-9)5-11-14-6-10(13)7-15-11/h1-4,6-7H,5,13H2. The number of aromatic nitrogens is 2. The van der Waals surface area contributed by atoms with Gasteiger partial charge in [0, 0.05) is 6.42 Å². The summed E-state index contributed by atoms with van der Waals surface area (Å²) in [5.41, 5.74) is 6.83. The van der Waals surface area contributed by atoms with Crippen LogP contribution in [-0.4, -0.2) is 9.97 Å². The SMILES string of the molecule is Nc1cnc(Cc2cccc(F)c2)nc1. The number of hydrogen-bond donors (Lipinski definition) is 1. The van der Waals surface area contributed by atoms with Crippen molar-refractivity contribution in [3.05, 3.63) is 53.9 Å². The number of nitrogen functional groups attached to an aromatic ring is 1. The molecule has 0 aliphatic carbocycles. The van der Waals surface area contributed by atoms with Crippen LogP contribution in [0.15, 0.2) is 36.7 Å². The van der Waals surface area contributed by atoms with E-state index in [2.05, 4.69) is 9.97 Å². The van der Waals surface area contributed by atoms with Gasteiger partial charge >= 0.3 is 0 Å². The van der Waals surface area contributed by atoms with Gasteiger partial charge in [0.25, 0.3) is 0 Å². The summed E-state index contributed by atoms with van der Waals surface area (Å²) in [7, 11) is 0. The number of hydrogen-bond acceptors (Lipinski definition) is 3. The third-order valence-electron chi connectivity index (χ3n) is 1.98. The Labute approximate surface area is 86.8 Å². The maximum Gasteiger partial charge on any atom is 0.132 e. The molecule has 1 aromatic heterocycles. The summed E-state index contributed by atoms with van der Waals surface area (Å²) in [6.45, 7) is 0. The Kier molecular flexibility index (Phi) is 2.58. The van der Waals surface area contributed by atoms with E-state index in [-0.39, 0.29) is 5.82 Å². The van der Waals surface area contributed by atoms with Crippen LogP contribution in [0.5, 0.6) is 0 Å². The normalized spacial score (nSPS) is 10.2. The first-order valence-corrected chi connectivity index (χ1v) is 4.55. The Bertz CT molecular complexity index is 454. The van der Waals surface area contributed by atoms with Crippen molar-refractivity contribution in [1.29, 1.82) is 0 Å². The molecule has 0 radical (unpaired) electrons. The molecule has 0 saturated carbocycles. The number of rotatable bonds is 2. The average Bonchev–Trinajstić information content (AvgIpc) is 2.22. The largest absolute Gasteiger partial charge is 0.396 e. The second-order valence-electron chi connectivity index (χ2n) is 3.24. The number of anilines is 1. The fourth-order valence-electron chi connectivity index (χ4n) is 1.29. The van der Waals surface area contributed by atoms with Crippen molar-refractivity contribution in [2.45, 2.75) is 6.42 Å². The van der Waals surface area contributed by atoms with E-state index in [1.54, 1.807) is 18.5 Å². The van der Waals surface area contributed by atoms with Crippen LogP contribution in [0.4, 0.5) is 10.1 Å². The molecule has 0 aliphatic heterocycles. The molecule has 0 atom stereocenters. The zero-order valence-corrected chi connectivity index (χ0v) is 8.02. The van der Waals surface area contributed by atoms with Crippen LogP contribution < -0.4 is 5.73 Å². The van der Waals surface area contributed by atoms with Crippen LogP contribution in [-0.2, 0) is 6.42 Å². The number of nitrogens with two attached hydrogens (primary N) is 1. The Hall–Kier alpha value is -1.97. The van der Waals surface area contributed by atoms with Crippen molar-refractivity contribution in [1.82, 2.24) is 9.97 Å². The van der Waals surface area contributed by atoms with Gasteiger partial charge in [-0.15, -0.1) is 0 Å². The van der Waals surface area contributed by atoms with Gasteiger partial charge in [-0.1, -0.05) is 12.1 Å². The molecule has 0 saturated heterocycles. The number of halogens is 1. The number of benzene rings is 1. The second-order valence-corrected chi connectivity index (χ2v) is 3.24. The van der Waals surface area contributed by atoms with E-state index in [4.69, 9.17) is 5.73 Å². The molecule has 1 aromatic carbocycles. The van der Waals surface area contributed by atoms with Crippen LogP contribution in [0, 0.1) is 5.82 Å². The zero-order valence-electron chi connectivity index (χ0n) is 8.02. The van der Waals surface area contributed by atoms with Crippen LogP contribution in [0.3, 0.4) is 0 Å². The van der Waals surface area contributed by atoms with E-state index < -0.39 is 0 Å². The highest BCUT2D eigenvalue weighted by molar-refractivity contribution is 5.31. The van der Waals surface area contributed by atoms with Crippen LogP contribution >= 0.6 is 0 Å². The Morgan fingerprint density at radius 3 is 2.60 bits per heavy atom. The summed E-state index contributed by atoms with van der Waals surface area (Å²) in [6, 6.07) is 6.39. The van der Waals surface area contributed by atoms with Crippen molar-refractivity contribution >= 4 is 5.69 Å². The first-order valence-electron chi connectivity index (χ1n) is 4.55. The summed E-state index contributed by atoms with van der Waals surface area (Å²) in [5.74, 6) is 0.387. The molecular weight excluding hydrogens is 193 g/mol. The monoisotopic (exact) mass is 203 g/mol. The lowest BCUT2D eigenvalue weighted by Crippen LogP contribution is -1.98. The predicted octanol–water partition coefficient (Wildman–Crippen LogP) is 1.79. The molecule has 3 nitrogen and oxygen atoms in total. The fourth-order valence-corrected chi connectivity index (χ4v) is 1.29. The molecule has 0 amide bonds. The van der Waals surface area contributed by atoms with E-state index in [0.29, 0.717) is 17.9 Å². The molecular formula is C11H10FN3. The minimum absolute atomic E-state index is 0.247. The Morgan fingerprint density at radius 1 is 1.20 bits per heavy atom. The van der Waals surface area contributed by atoms with Crippen LogP contribution in [0.2, 0.25) is 0 Å². The summed E-state index contributed by atoms with van der Waals surface area (Å²) >= 11 is 0. The van der Waals surface area contributed by atoms with Gasteiger partial charge in [-0.25, -0.2) is 14.4 Å². The van der Waals surface area contributed by atoms with Gasteiger partial charge in [-0.05, 0) is 17.7 Å². The van der Waals surface area contributed by atoms with Gasteiger partial charge in [0.2, 0.25) is 0 Å². The van der Waals surface area contributed by atoms with Gasteiger partial charge in [-0.2, -0.15) is 0 Å². The van der Waals surface area contributed by atoms with Crippen LogP contribution in [0.1, 0.15) is 11.4 Å². The summed E-state index contributed by atoms with van der Waals surface area (Å²) in [5, 5.41) is 0. The lowest BCUT2D eigenvalue weighted by atomic mass is 10.1. The molecule has 0 fully saturated rings. The first kappa shape index (κ1) is 9.58. The molecule has 0 spiro atoms. The van der Waals surface area contributed by atoms with E-state index in [0.717, 1.165) is 5.56 Å². The Balaban J connectivity index is 2.18. The lowest BCUT2D eigenvalue weighted by Gasteiger charge is -2.00. The summed E-state index contributed by atoms with van der Waals surface area (Å²) < 4.78 is 12.9. The molecule has 15 heavy (non-hydrogen) atoms. The number of nitrogens with zero attached hydrogens (tertiary/aromatic N) is 2. The van der Waals surface area contributed by atoms with Gasteiger partial charge in [0.15, 0.2) is 0 Å². The van der Waals surface area contributed by atoms with E-state index in [9.17, 15) is 4.39 Å². The van der Waals surface area contributed by atoms with Gasteiger partial charge in [0.05, 0.1) is 18.1 Å². The molecule has 2 N–H and O–H groups in total. The van der Waals surface area contributed by atoms with E-state index in [1.165, 1.54) is 12.1 Å². The third kappa shape index (κ3) is 2.49. The van der Waals surface area contributed by atoms with Crippen molar-refractivity contribution in [2.75, 3.05) is 5.73 Å². The maximum absolute atomic E-state index is 12.9. The van der Waals surface area contributed by atoms with Gasteiger partial charge in [0.1, 0.15) is 11.6 Å². The molecule has 1 heterocycles. The third-order valence-corrected chi connectivity index (χ3v) is 1.98. The molecule has 4 heteroatoms. The summed E-state index contributed by atoms with van der Waals surface area (Å²) in [6.07, 6.45) is 3.60. The van der Waals surface area contributed by atoms with Crippen molar-refractivity contribution < 1.29 is 4.39 Å². The minimum Gasteiger partial charge on any atom is -0.396 e. The van der Waals surface area contributed by atoms with E-state index >= 15 is 0 Å². The molecule has 0 bridgehead atoms. The topological polar surface area (TPSA) is 51.8 Å². The molecule has 2 rings (SSSR count). The van der Waals surface area contributed by atoms with Crippen molar-refractivity contribution in [3.63, 3.8) is 0 Å². The second kappa shape index (κ2) is 4.04. The fraction of sp³-hybridized carbons (Fsp3) is 0.0909. The highest BCUT2D eigenvalue weighted by atomic mass is 19.1. The van der Waals surface area contributed by atoms with Crippen molar-refractivity contribution in [3.8, 4) is 0 Å². The predicted molar refractivity (Wildman–Crippen MR) is 55.7 cm³/mol. The highest BCUT2D eigenvalue weighted by Gasteiger charge is 2.00. The molecule has 0 aliphatic rings. The lowest BCUT2D eigenvalue weighted by molar-refractivity contribution is 0.626. The van der Waals surface area contributed by atoms with Gasteiger partial charge < -0.3 is 5.73 Å².